The lowest BCUT2D eigenvalue weighted by Crippen LogP contribution is -2.33. The second-order valence-corrected chi connectivity index (χ2v) is 8.09. The van der Waals surface area contributed by atoms with Gasteiger partial charge in [0.05, 0.1) is 24.2 Å². The van der Waals surface area contributed by atoms with E-state index in [0.29, 0.717) is 0 Å². The largest absolute Gasteiger partial charge is 0.497 e. The first-order valence-corrected chi connectivity index (χ1v) is 10.7. The van der Waals surface area contributed by atoms with Crippen LogP contribution in [0.4, 0.5) is 17.1 Å². The van der Waals surface area contributed by atoms with Gasteiger partial charge in [-0.05, 0) is 85.7 Å². The fourth-order valence-corrected chi connectivity index (χ4v) is 4.37. The summed E-state index contributed by atoms with van der Waals surface area (Å²) in [6, 6.07) is 21.1. The highest BCUT2D eigenvalue weighted by Gasteiger charge is 2.20. The lowest BCUT2D eigenvalue weighted by Gasteiger charge is -2.34. The third-order valence-electron chi connectivity index (χ3n) is 6.04. The molecule has 1 saturated heterocycles. The molecule has 0 aromatic heterocycles. The van der Waals surface area contributed by atoms with Crippen molar-refractivity contribution in [2.24, 2.45) is 5.84 Å². The van der Waals surface area contributed by atoms with Crippen molar-refractivity contribution in [3.05, 3.63) is 71.8 Å². The number of ether oxygens (including phenoxy) is 1. The van der Waals surface area contributed by atoms with Crippen LogP contribution in [-0.2, 0) is 0 Å². The van der Waals surface area contributed by atoms with Gasteiger partial charge in [0.15, 0.2) is 0 Å². The third kappa shape index (κ3) is 4.01. The molecule has 1 fully saturated rings. The van der Waals surface area contributed by atoms with E-state index in [-0.39, 0.29) is 0 Å². The third-order valence-corrected chi connectivity index (χ3v) is 6.04. The summed E-state index contributed by atoms with van der Waals surface area (Å²) in [5.74, 6) is 7.58. The lowest BCUT2D eigenvalue weighted by atomic mass is 9.99. The smallest absolute Gasteiger partial charge is 0.118 e. The molecule has 1 aliphatic heterocycles. The molecule has 0 amide bonds. The van der Waals surface area contributed by atoms with Gasteiger partial charge in [0.25, 0.3) is 0 Å². The maximum atomic E-state index is 6.71. The molecule has 4 nitrogen and oxygen atoms in total. The maximum absolute atomic E-state index is 6.71. The number of nitrogens with zero attached hydrogens (tertiary/aromatic N) is 2. The van der Waals surface area contributed by atoms with Crippen molar-refractivity contribution in [1.82, 2.24) is 0 Å². The number of anilines is 3. The predicted octanol–water partition coefficient (Wildman–Crippen LogP) is 5.98. The summed E-state index contributed by atoms with van der Waals surface area (Å²) in [5.41, 5.74) is 8.09. The van der Waals surface area contributed by atoms with Crippen LogP contribution in [-0.4, -0.2) is 20.2 Å². The van der Waals surface area contributed by atoms with E-state index in [1.54, 1.807) is 7.11 Å². The second-order valence-electron chi connectivity index (χ2n) is 8.09. The van der Waals surface area contributed by atoms with E-state index in [2.05, 4.69) is 67.3 Å². The van der Waals surface area contributed by atoms with Gasteiger partial charge >= 0.3 is 0 Å². The van der Waals surface area contributed by atoms with Gasteiger partial charge in [-0.1, -0.05) is 30.3 Å². The SMILES string of the molecule is COc1ccc(-c2ccc(N(N)c3c(C)cccc3N3CCCCC3)cc2C)cc1. The van der Waals surface area contributed by atoms with Crippen LogP contribution in [0.2, 0.25) is 0 Å². The normalized spacial score (nSPS) is 13.9. The monoisotopic (exact) mass is 401 g/mol. The quantitative estimate of drug-likeness (QED) is 0.422. The number of benzene rings is 3. The van der Waals surface area contributed by atoms with Gasteiger partial charge in [-0.3, -0.25) is 5.01 Å². The summed E-state index contributed by atoms with van der Waals surface area (Å²) in [7, 11) is 1.69. The average molecular weight is 402 g/mol. The first-order valence-electron chi connectivity index (χ1n) is 10.7. The predicted molar refractivity (Wildman–Crippen MR) is 127 cm³/mol. The van der Waals surface area contributed by atoms with E-state index in [4.69, 9.17) is 10.6 Å². The topological polar surface area (TPSA) is 41.7 Å². The molecule has 4 rings (SSSR count). The van der Waals surface area contributed by atoms with Crippen molar-refractivity contribution in [3.8, 4) is 16.9 Å². The van der Waals surface area contributed by atoms with Crippen LogP contribution in [0.25, 0.3) is 11.1 Å². The Hall–Kier alpha value is -2.98. The minimum atomic E-state index is 0.867. The fraction of sp³-hybridized carbons (Fsp3) is 0.308. The van der Waals surface area contributed by atoms with Crippen LogP contribution >= 0.6 is 0 Å². The molecule has 0 atom stereocenters. The Morgan fingerprint density at radius 2 is 1.60 bits per heavy atom. The molecule has 0 radical (unpaired) electrons. The molecule has 4 heteroatoms. The Labute approximate surface area is 179 Å². The molecule has 0 bridgehead atoms. The highest BCUT2D eigenvalue weighted by Crippen LogP contribution is 2.38. The van der Waals surface area contributed by atoms with Crippen LogP contribution < -0.4 is 20.5 Å². The molecule has 1 heterocycles. The molecule has 30 heavy (non-hydrogen) atoms. The van der Waals surface area contributed by atoms with Gasteiger partial charge in [0, 0.05) is 13.1 Å². The highest BCUT2D eigenvalue weighted by atomic mass is 16.5. The Balaban J connectivity index is 1.67. The summed E-state index contributed by atoms with van der Waals surface area (Å²) >= 11 is 0. The molecule has 1 aliphatic rings. The van der Waals surface area contributed by atoms with E-state index >= 15 is 0 Å². The number of piperidine rings is 1. The van der Waals surface area contributed by atoms with Crippen LogP contribution in [0.3, 0.4) is 0 Å². The number of rotatable bonds is 5. The van der Waals surface area contributed by atoms with E-state index in [0.717, 1.165) is 30.2 Å². The van der Waals surface area contributed by atoms with Gasteiger partial charge in [-0.2, -0.15) is 0 Å². The zero-order valence-corrected chi connectivity index (χ0v) is 18.2. The molecule has 2 N–H and O–H groups in total. The number of nitrogens with two attached hydrogens (primary N) is 1. The van der Waals surface area contributed by atoms with Crippen LogP contribution in [0.15, 0.2) is 60.7 Å². The molecule has 3 aromatic carbocycles. The van der Waals surface area contributed by atoms with Crippen molar-refractivity contribution in [2.45, 2.75) is 33.1 Å². The lowest BCUT2D eigenvalue weighted by molar-refractivity contribution is 0.415. The van der Waals surface area contributed by atoms with E-state index in [1.807, 2.05) is 17.1 Å². The van der Waals surface area contributed by atoms with E-state index < -0.39 is 0 Å². The minimum absolute atomic E-state index is 0.867. The molecule has 156 valence electrons. The molecular formula is C26H31N3O. The van der Waals surface area contributed by atoms with Crippen molar-refractivity contribution >= 4 is 17.1 Å². The fourth-order valence-electron chi connectivity index (χ4n) is 4.37. The van der Waals surface area contributed by atoms with Gasteiger partial charge in [-0.15, -0.1) is 0 Å². The zero-order valence-electron chi connectivity index (χ0n) is 18.2. The number of hydrogen-bond acceptors (Lipinski definition) is 4. The van der Waals surface area contributed by atoms with Crippen LogP contribution in [0.1, 0.15) is 30.4 Å². The maximum Gasteiger partial charge on any atom is 0.118 e. The summed E-state index contributed by atoms with van der Waals surface area (Å²) in [6.45, 7) is 6.47. The Morgan fingerprint density at radius 3 is 2.27 bits per heavy atom. The number of hydrazine groups is 1. The number of hydrogen-bond donors (Lipinski definition) is 1. The van der Waals surface area contributed by atoms with Crippen molar-refractivity contribution in [1.29, 1.82) is 0 Å². The van der Waals surface area contributed by atoms with Crippen molar-refractivity contribution < 1.29 is 4.74 Å². The molecule has 3 aromatic rings. The Bertz CT molecular complexity index is 1010. The Morgan fingerprint density at radius 1 is 0.867 bits per heavy atom. The summed E-state index contributed by atoms with van der Waals surface area (Å²) in [6.07, 6.45) is 3.80. The molecule has 0 aliphatic carbocycles. The number of para-hydroxylation sites is 1. The van der Waals surface area contributed by atoms with E-state index in [1.165, 1.54) is 47.2 Å². The van der Waals surface area contributed by atoms with Gasteiger partial charge in [0.2, 0.25) is 0 Å². The Kier molecular flexibility index (Phi) is 5.96. The molecule has 0 saturated carbocycles. The second kappa shape index (κ2) is 8.80. The summed E-state index contributed by atoms with van der Waals surface area (Å²) < 4.78 is 5.28. The molecule has 0 spiro atoms. The number of aryl methyl sites for hydroxylation is 2. The van der Waals surface area contributed by atoms with Gasteiger partial charge in [-0.25, -0.2) is 5.84 Å². The molecule has 0 unspecified atom stereocenters. The zero-order chi connectivity index (χ0) is 21.1. The first kappa shape index (κ1) is 20.3. The van der Waals surface area contributed by atoms with Gasteiger partial charge < -0.3 is 9.64 Å². The first-order chi connectivity index (χ1) is 14.6. The average Bonchev–Trinajstić information content (AvgIpc) is 2.79. The van der Waals surface area contributed by atoms with Crippen molar-refractivity contribution in [2.75, 3.05) is 30.1 Å². The highest BCUT2D eigenvalue weighted by molar-refractivity contribution is 5.81. The standard InChI is InChI=1S/C26H31N3O/c1-19-8-7-9-25(28-16-5-4-6-17-28)26(19)29(27)22-12-15-24(20(2)18-22)21-10-13-23(30-3)14-11-21/h7-15,18H,4-6,16-17,27H2,1-3H3. The van der Waals surface area contributed by atoms with E-state index in [9.17, 15) is 0 Å². The van der Waals surface area contributed by atoms with Crippen LogP contribution in [0, 0.1) is 13.8 Å². The minimum Gasteiger partial charge on any atom is -0.497 e. The van der Waals surface area contributed by atoms with Crippen molar-refractivity contribution in [3.63, 3.8) is 0 Å². The van der Waals surface area contributed by atoms with Gasteiger partial charge in [0.1, 0.15) is 5.75 Å². The summed E-state index contributed by atoms with van der Waals surface area (Å²) in [5, 5.41) is 1.85. The summed E-state index contributed by atoms with van der Waals surface area (Å²) in [4.78, 5) is 2.48. The van der Waals surface area contributed by atoms with Crippen LogP contribution in [0.5, 0.6) is 5.75 Å². The number of methoxy groups -OCH3 is 1. The molecular weight excluding hydrogens is 370 g/mol.